The molecule has 40 heavy (non-hydrogen) atoms. The normalized spacial score (nSPS) is 15.3. The smallest absolute Gasteiger partial charge is 0.408 e. The molecular weight excluding hydrogens is 504 g/mol. The molecule has 2 atom stereocenters. The SMILES string of the molecule is CCc1ccc(C(C(=O)NC2CCCCC2)N(CC#N)C(=O)C(Cc2ccccc2)NC(=O)OC(C)(C)C)cc1. The zero-order valence-corrected chi connectivity index (χ0v) is 24.1. The van der Waals surface area contributed by atoms with Crippen LogP contribution in [0.4, 0.5) is 4.79 Å². The second kappa shape index (κ2) is 14.5. The number of nitriles is 1. The Morgan fingerprint density at radius 1 is 1.00 bits per heavy atom. The molecule has 1 aliphatic carbocycles. The van der Waals surface area contributed by atoms with Gasteiger partial charge >= 0.3 is 6.09 Å². The lowest BCUT2D eigenvalue weighted by Crippen LogP contribution is -2.54. The van der Waals surface area contributed by atoms with Crippen LogP contribution < -0.4 is 10.6 Å². The molecular formula is C32H42N4O4. The number of carbonyl (C=O) groups excluding carboxylic acids is 3. The lowest BCUT2D eigenvalue weighted by Gasteiger charge is -2.34. The van der Waals surface area contributed by atoms with Crippen molar-refractivity contribution in [3.05, 3.63) is 71.3 Å². The molecule has 0 heterocycles. The number of ether oxygens (including phenoxy) is 1. The molecule has 2 aromatic carbocycles. The number of hydrogen-bond donors (Lipinski definition) is 2. The van der Waals surface area contributed by atoms with Crippen molar-refractivity contribution >= 4 is 17.9 Å². The van der Waals surface area contributed by atoms with E-state index in [0.717, 1.165) is 49.7 Å². The summed E-state index contributed by atoms with van der Waals surface area (Å²) in [4.78, 5) is 42.1. The van der Waals surface area contributed by atoms with E-state index in [1.165, 1.54) is 4.90 Å². The number of rotatable bonds is 10. The lowest BCUT2D eigenvalue weighted by atomic mass is 9.94. The van der Waals surface area contributed by atoms with Gasteiger partial charge in [0.05, 0.1) is 6.07 Å². The summed E-state index contributed by atoms with van der Waals surface area (Å²) >= 11 is 0. The average Bonchev–Trinajstić information content (AvgIpc) is 2.92. The van der Waals surface area contributed by atoms with E-state index >= 15 is 0 Å². The van der Waals surface area contributed by atoms with E-state index in [4.69, 9.17) is 4.74 Å². The third kappa shape index (κ3) is 9.11. The highest BCUT2D eigenvalue weighted by Gasteiger charge is 2.37. The summed E-state index contributed by atoms with van der Waals surface area (Å²) in [5, 5.41) is 15.6. The predicted octanol–water partition coefficient (Wildman–Crippen LogP) is 5.23. The molecule has 0 radical (unpaired) electrons. The largest absolute Gasteiger partial charge is 0.444 e. The topological polar surface area (TPSA) is 112 Å². The van der Waals surface area contributed by atoms with Crippen molar-refractivity contribution < 1.29 is 19.1 Å². The first-order valence-electron chi connectivity index (χ1n) is 14.2. The highest BCUT2D eigenvalue weighted by molar-refractivity contribution is 5.92. The molecule has 2 N–H and O–H groups in total. The van der Waals surface area contributed by atoms with Crippen LogP contribution in [0.2, 0.25) is 0 Å². The second-order valence-corrected chi connectivity index (χ2v) is 11.4. The van der Waals surface area contributed by atoms with E-state index in [1.54, 1.807) is 20.8 Å². The van der Waals surface area contributed by atoms with Gasteiger partial charge in [0.15, 0.2) is 0 Å². The molecule has 2 aromatic rings. The zero-order valence-electron chi connectivity index (χ0n) is 24.1. The zero-order chi connectivity index (χ0) is 29.1. The van der Waals surface area contributed by atoms with Crippen LogP contribution in [-0.2, 0) is 27.2 Å². The van der Waals surface area contributed by atoms with Crippen molar-refractivity contribution in [2.75, 3.05) is 6.54 Å². The minimum atomic E-state index is -1.05. The maximum Gasteiger partial charge on any atom is 0.408 e. The van der Waals surface area contributed by atoms with E-state index < -0.39 is 29.7 Å². The summed E-state index contributed by atoms with van der Waals surface area (Å²) in [5.74, 6) is -0.852. The van der Waals surface area contributed by atoms with Crippen molar-refractivity contribution in [2.24, 2.45) is 0 Å². The average molecular weight is 547 g/mol. The molecule has 8 heteroatoms. The molecule has 0 saturated heterocycles. The van der Waals surface area contributed by atoms with Gasteiger partial charge in [-0.1, -0.05) is 80.8 Å². The first-order chi connectivity index (χ1) is 19.1. The third-order valence-corrected chi connectivity index (χ3v) is 7.01. The molecule has 0 aliphatic heterocycles. The lowest BCUT2D eigenvalue weighted by molar-refractivity contribution is -0.142. The summed E-state index contributed by atoms with van der Waals surface area (Å²) < 4.78 is 5.45. The van der Waals surface area contributed by atoms with Crippen LogP contribution in [0.15, 0.2) is 54.6 Å². The summed E-state index contributed by atoms with van der Waals surface area (Å²) in [7, 11) is 0. The van der Waals surface area contributed by atoms with Crippen LogP contribution >= 0.6 is 0 Å². The van der Waals surface area contributed by atoms with E-state index in [2.05, 4.69) is 16.7 Å². The van der Waals surface area contributed by atoms with Gasteiger partial charge in [-0.25, -0.2) is 4.79 Å². The van der Waals surface area contributed by atoms with Gasteiger partial charge in [0.2, 0.25) is 11.8 Å². The molecule has 214 valence electrons. The van der Waals surface area contributed by atoms with Crippen molar-refractivity contribution in [3.8, 4) is 6.07 Å². The summed E-state index contributed by atoms with van der Waals surface area (Å²) in [6.45, 7) is 6.96. The van der Waals surface area contributed by atoms with Crippen LogP contribution in [0.25, 0.3) is 0 Å². The number of hydrogen-bond acceptors (Lipinski definition) is 5. The van der Waals surface area contributed by atoms with Crippen LogP contribution in [0.5, 0.6) is 0 Å². The maximum absolute atomic E-state index is 14.2. The van der Waals surface area contributed by atoms with Crippen LogP contribution in [0.1, 0.15) is 82.5 Å². The third-order valence-electron chi connectivity index (χ3n) is 7.01. The first-order valence-corrected chi connectivity index (χ1v) is 14.2. The van der Waals surface area contributed by atoms with Gasteiger partial charge in [-0.3, -0.25) is 9.59 Å². The van der Waals surface area contributed by atoms with Gasteiger partial charge in [-0.2, -0.15) is 5.26 Å². The van der Waals surface area contributed by atoms with E-state index in [1.807, 2.05) is 61.5 Å². The van der Waals surface area contributed by atoms with Gasteiger partial charge in [-0.15, -0.1) is 0 Å². The molecule has 2 unspecified atom stereocenters. The van der Waals surface area contributed by atoms with Gasteiger partial charge < -0.3 is 20.3 Å². The number of nitrogens with one attached hydrogen (secondary N) is 2. The van der Waals surface area contributed by atoms with Gasteiger partial charge in [0.25, 0.3) is 0 Å². The summed E-state index contributed by atoms with van der Waals surface area (Å²) in [6.07, 6.45) is 5.26. The number of alkyl carbamates (subject to hydrolysis) is 1. The van der Waals surface area contributed by atoms with Crippen molar-refractivity contribution in [1.82, 2.24) is 15.5 Å². The van der Waals surface area contributed by atoms with Gasteiger partial charge in [0, 0.05) is 12.5 Å². The highest BCUT2D eigenvalue weighted by atomic mass is 16.6. The number of nitrogens with zero attached hydrogens (tertiary/aromatic N) is 2. The fraction of sp³-hybridized carbons (Fsp3) is 0.500. The molecule has 0 bridgehead atoms. The Hall–Kier alpha value is -3.86. The summed E-state index contributed by atoms with van der Waals surface area (Å²) in [5.41, 5.74) is 1.77. The number of carbonyl (C=O) groups is 3. The number of aryl methyl sites for hydroxylation is 1. The van der Waals surface area contributed by atoms with Crippen molar-refractivity contribution in [3.63, 3.8) is 0 Å². The monoisotopic (exact) mass is 546 g/mol. The Labute approximate surface area is 238 Å². The second-order valence-electron chi connectivity index (χ2n) is 11.4. The molecule has 8 nitrogen and oxygen atoms in total. The predicted molar refractivity (Wildman–Crippen MR) is 154 cm³/mol. The van der Waals surface area contributed by atoms with Crippen molar-refractivity contribution in [1.29, 1.82) is 5.26 Å². The number of amides is 3. The summed E-state index contributed by atoms with van der Waals surface area (Å²) in [6, 6.07) is 16.9. The van der Waals surface area contributed by atoms with Crippen molar-refractivity contribution in [2.45, 2.75) is 96.4 Å². The molecule has 0 aromatic heterocycles. The highest BCUT2D eigenvalue weighted by Crippen LogP contribution is 2.26. The standard InChI is InChI=1S/C32H42N4O4/c1-5-23-16-18-25(19-17-23)28(29(37)34-26-14-10-7-11-15-26)36(21-20-33)30(38)27(22-24-12-8-6-9-13-24)35-31(39)40-32(2,3)4/h6,8-9,12-13,16-19,26-28H,5,7,10-11,14-15,21-22H2,1-4H3,(H,34,37)(H,35,39). The maximum atomic E-state index is 14.2. The van der Waals surface area contributed by atoms with Crippen LogP contribution in [-0.4, -0.2) is 47.0 Å². The van der Waals surface area contributed by atoms with Gasteiger partial charge in [-0.05, 0) is 56.7 Å². The Morgan fingerprint density at radius 3 is 2.23 bits per heavy atom. The first kappa shape index (κ1) is 30.7. The number of benzene rings is 2. The van der Waals surface area contributed by atoms with Crippen LogP contribution in [0, 0.1) is 11.3 Å². The van der Waals surface area contributed by atoms with E-state index in [-0.39, 0.29) is 24.9 Å². The fourth-order valence-electron chi connectivity index (χ4n) is 5.01. The van der Waals surface area contributed by atoms with Gasteiger partial charge in [0.1, 0.15) is 24.2 Å². The van der Waals surface area contributed by atoms with Crippen LogP contribution in [0.3, 0.4) is 0 Å². The Kier molecular flexibility index (Phi) is 11.1. The molecule has 1 aliphatic rings. The van der Waals surface area contributed by atoms with E-state index in [0.29, 0.717) is 5.56 Å². The molecule has 3 rings (SSSR count). The Morgan fingerprint density at radius 2 is 1.65 bits per heavy atom. The quantitative estimate of drug-likeness (QED) is 0.397. The molecule has 1 fully saturated rings. The molecule has 3 amide bonds. The minimum Gasteiger partial charge on any atom is -0.444 e. The molecule has 0 spiro atoms. The minimum absolute atomic E-state index is 0.0257. The Bertz CT molecular complexity index is 1160. The molecule has 1 saturated carbocycles. The fourth-order valence-corrected chi connectivity index (χ4v) is 5.01. The van der Waals surface area contributed by atoms with E-state index in [9.17, 15) is 19.6 Å². The Balaban J connectivity index is 1.98.